The first kappa shape index (κ1) is 24.4. The van der Waals surface area contributed by atoms with E-state index in [-0.39, 0.29) is 30.2 Å². The SMILES string of the molecule is CCCCCCC(=O)N(CC(=O)N1CCc2sccc2C1c1ccc(F)cc1)CC(C)C. The quantitative estimate of drug-likeness (QED) is 0.421. The van der Waals surface area contributed by atoms with Crippen molar-refractivity contribution >= 4 is 23.2 Å². The van der Waals surface area contributed by atoms with Gasteiger partial charge in [0.2, 0.25) is 11.8 Å². The Bertz CT molecular complexity index is 893. The van der Waals surface area contributed by atoms with Gasteiger partial charge in [0, 0.05) is 24.4 Å². The molecular formula is C26H35FN2O2S. The van der Waals surface area contributed by atoms with Crippen LogP contribution in [0.15, 0.2) is 35.7 Å². The van der Waals surface area contributed by atoms with Crippen LogP contribution in [0, 0.1) is 11.7 Å². The zero-order valence-electron chi connectivity index (χ0n) is 19.5. The first-order chi connectivity index (χ1) is 15.4. The number of rotatable bonds is 10. The van der Waals surface area contributed by atoms with Crippen LogP contribution in [0.25, 0.3) is 0 Å². The van der Waals surface area contributed by atoms with Crippen molar-refractivity contribution in [2.45, 2.75) is 65.3 Å². The number of benzene rings is 1. The van der Waals surface area contributed by atoms with Gasteiger partial charge in [-0.2, -0.15) is 0 Å². The van der Waals surface area contributed by atoms with Gasteiger partial charge in [-0.25, -0.2) is 4.39 Å². The maximum Gasteiger partial charge on any atom is 0.242 e. The molecule has 174 valence electrons. The minimum absolute atomic E-state index is 0.0428. The van der Waals surface area contributed by atoms with Crippen LogP contribution in [-0.2, 0) is 16.0 Å². The normalized spacial score (nSPS) is 15.7. The molecule has 1 aliphatic heterocycles. The fraction of sp³-hybridized carbons (Fsp3) is 0.538. The molecule has 1 unspecified atom stereocenters. The zero-order valence-corrected chi connectivity index (χ0v) is 20.3. The first-order valence-corrected chi connectivity index (χ1v) is 12.7. The monoisotopic (exact) mass is 458 g/mol. The fourth-order valence-corrected chi connectivity index (χ4v) is 5.30. The lowest BCUT2D eigenvalue weighted by Gasteiger charge is -2.38. The van der Waals surface area contributed by atoms with Gasteiger partial charge in [0.25, 0.3) is 0 Å². The second-order valence-electron chi connectivity index (χ2n) is 9.07. The van der Waals surface area contributed by atoms with Gasteiger partial charge in [-0.3, -0.25) is 9.59 Å². The third kappa shape index (κ3) is 6.18. The van der Waals surface area contributed by atoms with Crippen LogP contribution in [0.1, 0.15) is 74.9 Å². The smallest absolute Gasteiger partial charge is 0.242 e. The van der Waals surface area contributed by atoms with Crippen LogP contribution in [0.5, 0.6) is 0 Å². The Morgan fingerprint density at radius 1 is 1.16 bits per heavy atom. The molecule has 0 spiro atoms. The van der Waals surface area contributed by atoms with E-state index < -0.39 is 0 Å². The van der Waals surface area contributed by atoms with Gasteiger partial charge in [-0.15, -0.1) is 11.3 Å². The van der Waals surface area contributed by atoms with Gasteiger partial charge >= 0.3 is 0 Å². The summed E-state index contributed by atoms with van der Waals surface area (Å²) in [7, 11) is 0. The van der Waals surface area contributed by atoms with Crippen molar-refractivity contribution in [3.8, 4) is 0 Å². The van der Waals surface area contributed by atoms with E-state index in [0.29, 0.717) is 25.4 Å². The molecular weight excluding hydrogens is 423 g/mol. The third-order valence-electron chi connectivity index (χ3n) is 5.98. The molecule has 1 aromatic carbocycles. The Hall–Kier alpha value is -2.21. The minimum atomic E-state index is -0.287. The van der Waals surface area contributed by atoms with Crippen molar-refractivity contribution < 1.29 is 14.0 Å². The van der Waals surface area contributed by atoms with E-state index in [0.717, 1.165) is 43.2 Å². The van der Waals surface area contributed by atoms with Gasteiger partial charge in [-0.05, 0) is 53.5 Å². The van der Waals surface area contributed by atoms with Crippen molar-refractivity contribution in [1.82, 2.24) is 9.80 Å². The lowest BCUT2D eigenvalue weighted by Crippen LogP contribution is -2.47. The molecule has 0 radical (unpaired) electrons. The summed E-state index contributed by atoms with van der Waals surface area (Å²) in [4.78, 5) is 31.3. The summed E-state index contributed by atoms with van der Waals surface area (Å²) in [6, 6.07) is 8.25. The van der Waals surface area contributed by atoms with Gasteiger partial charge in [-0.1, -0.05) is 52.2 Å². The van der Waals surface area contributed by atoms with E-state index in [9.17, 15) is 14.0 Å². The number of thiophene rings is 1. The predicted molar refractivity (Wildman–Crippen MR) is 128 cm³/mol. The molecule has 0 bridgehead atoms. The third-order valence-corrected chi connectivity index (χ3v) is 6.98. The van der Waals surface area contributed by atoms with Crippen LogP contribution in [0.2, 0.25) is 0 Å². The maximum atomic E-state index is 13.6. The molecule has 0 saturated heterocycles. The number of hydrogen-bond acceptors (Lipinski definition) is 3. The minimum Gasteiger partial charge on any atom is -0.333 e. The van der Waals surface area contributed by atoms with E-state index >= 15 is 0 Å². The predicted octanol–water partition coefficient (Wildman–Crippen LogP) is 5.82. The molecule has 3 rings (SSSR count). The lowest BCUT2D eigenvalue weighted by atomic mass is 9.93. The second kappa shape index (κ2) is 11.6. The van der Waals surface area contributed by atoms with Crippen molar-refractivity contribution in [3.05, 3.63) is 57.5 Å². The molecule has 2 heterocycles. The van der Waals surface area contributed by atoms with Crippen LogP contribution in [0.3, 0.4) is 0 Å². The molecule has 1 aliphatic rings. The highest BCUT2D eigenvalue weighted by molar-refractivity contribution is 7.10. The maximum absolute atomic E-state index is 13.6. The van der Waals surface area contributed by atoms with Crippen molar-refractivity contribution in [2.24, 2.45) is 5.92 Å². The summed E-state index contributed by atoms with van der Waals surface area (Å²) in [6.45, 7) is 7.58. The Morgan fingerprint density at radius 2 is 1.91 bits per heavy atom. The number of hydrogen-bond donors (Lipinski definition) is 0. The Labute approximate surface area is 195 Å². The highest BCUT2D eigenvalue weighted by Crippen LogP contribution is 2.38. The molecule has 1 aromatic heterocycles. The van der Waals surface area contributed by atoms with Crippen molar-refractivity contribution in [3.63, 3.8) is 0 Å². The standard InChI is InChI=1S/C26H35FN2O2S/c1-4-5-6-7-8-24(30)28(17-19(2)3)18-25(31)29-15-13-23-22(14-16-32-23)26(29)20-9-11-21(27)12-10-20/h9-12,14,16,19,26H,4-8,13,15,17-18H2,1-3H3. The number of carbonyl (C=O) groups excluding carboxylic acids is 2. The first-order valence-electron chi connectivity index (χ1n) is 11.8. The van der Waals surface area contributed by atoms with Gasteiger partial charge in [0.1, 0.15) is 5.82 Å². The Kier molecular flexibility index (Phi) is 8.85. The van der Waals surface area contributed by atoms with Crippen LogP contribution in [-0.4, -0.2) is 41.2 Å². The molecule has 0 fully saturated rings. The van der Waals surface area contributed by atoms with Gasteiger partial charge in [0.15, 0.2) is 0 Å². The topological polar surface area (TPSA) is 40.6 Å². The average Bonchev–Trinajstić information content (AvgIpc) is 3.24. The van der Waals surface area contributed by atoms with Crippen molar-refractivity contribution in [1.29, 1.82) is 0 Å². The molecule has 6 heteroatoms. The highest BCUT2D eigenvalue weighted by Gasteiger charge is 2.34. The Balaban J connectivity index is 1.78. The second-order valence-corrected chi connectivity index (χ2v) is 10.1. The van der Waals surface area contributed by atoms with Crippen LogP contribution in [0.4, 0.5) is 4.39 Å². The summed E-state index contributed by atoms with van der Waals surface area (Å²) < 4.78 is 13.6. The van der Waals surface area contributed by atoms with E-state index in [4.69, 9.17) is 0 Å². The van der Waals surface area contributed by atoms with E-state index in [1.807, 2.05) is 4.90 Å². The number of halogens is 1. The number of unbranched alkanes of at least 4 members (excludes halogenated alkanes) is 3. The molecule has 2 amide bonds. The molecule has 0 saturated carbocycles. The molecule has 2 aromatic rings. The van der Waals surface area contributed by atoms with Gasteiger partial charge in [0.05, 0.1) is 12.6 Å². The van der Waals surface area contributed by atoms with Crippen LogP contribution >= 0.6 is 11.3 Å². The van der Waals surface area contributed by atoms with Crippen molar-refractivity contribution in [2.75, 3.05) is 19.6 Å². The summed E-state index contributed by atoms with van der Waals surface area (Å²) in [5.41, 5.74) is 2.02. The molecule has 0 N–H and O–H groups in total. The van der Waals surface area contributed by atoms with Gasteiger partial charge < -0.3 is 9.80 Å². The highest BCUT2D eigenvalue weighted by atomic mass is 32.1. The lowest BCUT2D eigenvalue weighted by molar-refractivity contribution is -0.142. The molecule has 0 aliphatic carbocycles. The summed E-state index contributed by atoms with van der Waals surface area (Å²) in [5.74, 6) is 0.0262. The van der Waals surface area contributed by atoms with E-state index in [1.165, 1.54) is 17.0 Å². The Morgan fingerprint density at radius 3 is 2.59 bits per heavy atom. The number of nitrogens with zero attached hydrogens (tertiary/aromatic N) is 2. The molecule has 4 nitrogen and oxygen atoms in total. The zero-order chi connectivity index (χ0) is 23.1. The largest absolute Gasteiger partial charge is 0.333 e. The fourth-order valence-electron chi connectivity index (χ4n) is 4.40. The van der Waals surface area contributed by atoms with E-state index in [1.54, 1.807) is 28.4 Å². The summed E-state index contributed by atoms with van der Waals surface area (Å²) in [5, 5.41) is 2.06. The van der Waals surface area contributed by atoms with E-state index in [2.05, 4.69) is 32.2 Å². The number of carbonyl (C=O) groups is 2. The molecule has 1 atom stereocenters. The number of amides is 2. The molecule has 32 heavy (non-hydrogen) atoms. The summed E-state index contributed by atoms with van der Waals surface area (Å²) >= 11 is 1.70. The number of fused-ring (bicyclic) bond motifs is 1. The average molecular weight is 459 g/mol. The summed E-state index contributed by atoms with van der Waals surface area (Å²) in [6.07, 6.45) is 5.49. The van der Waals surface area contributed by atoms with Crippen LogP contribution < -0.4 is 0 Å².